The number of carbonyl (C=O) groups excluding carboxylic acids is 1. The number of alkyl halides is 3. The van der Waals surface area contributed by atoms with Gasteiger partial charge in [-0.05, 0) is 43.5 Å². The zero-order chi connectivity index (χ0) is 31.1. The lowest BCUT2D eigenvalue weighted by atomic mass is 9.96. The van der Waals surface area contributed by atoms with Gasteiger partial charge in [-0.1, -0.05) is 59.8 Å². The van der Waals surface area contributed by atoms with Crippen LogP contribution in [0.15, 0.2) is 77.4 Å². The van der Waals surface area contributed by atoms with Gasteiger partial charge in [0.1, 0.15) is 11.5 Å². The normalized spacial score (nSPS) is 11.1. The van der Waals surface area contributed by atoms with Crippen molar-refractivity contribution in [3.05, 3.63) is 101 Å². The third-order valence-electron chi connectivity index (χ3n) is 6.59. The number of aliphatic carboxylic acids is 1. The molecule has 43 heavy (non-hydrogen) atoms. The first-order valence-electron chi connectivity index (χ1n) is 13.1. The molecule has 0 fully saturated rings. The SMILES string of the molecule is Cc1noc(C)c1CCNC(=O)c1nccc2nc(-c3ccc(CN)cc3)c(-c3ccccc3)cc12.O=C(O)C(F)(F)F. The third-order valence-corrected chi connectivity index (χ3v) is 6.59. The molecule has 1 amide bonds. The van der Waals surface area contributed by atoms with Crippen LogP contribution in [0.4, 0.5) is 13.2 Å². The number of aryl methyl sites for hydroxylation is 2. The summed E-state index contributed by atoms with van der Waals surface area (Å²) in [6.45, 7) is 4.71. The molecule has 9 nitrogen and oxygen atoms in total. The number of nitrogens with zero attached hydrogens (tertiary/aromatic N) is 3. The Morgan fingerprint density at radius 2 is 1.67 bits per heavy atom. The molecule has 222 valence electrons. The molecule has 12 heteroatoms. The van der Waals surface area contributed by atoms with E-state index in [1.165, 1.54) is 0 Å². The van der Waals surface area contributed by atoms with E-state index >= 15 is 0 Å². The van der Waals surface area contributed by atoms with Gasteiger partial charge in [-0.15, -0.1) is 0 Å². The largest absolute Gasteiger partial charge is 0.490 e. The van der Waals surface area contributed by atoms with Crippen LogP contribution < -0.4 is 11.1 Å². The van der Waals surface area contributed by atoms with Crippen LogP contribution in [0.25, 0.3) is 33.3 Å². The second kappa shape index (κ2) is 13.3. The first-order chi connectivity index (χ1) is 20.5. The summed E-state index contributed by atoms with van der Waals surface area (Å²) < 4.78 is 37.0. The molecule has 3 heterocycles. The van der Waals surface area contributed by atoms with Gasteiger partial charge in [0.15, 0.2) is 0 Å². The van der Waals surface area contributed by atoms with Gasteiger partial charge in [-0.2, -0.15) is 13.2 Å². The topological polar surface area (TPSA) is 144 Å². The highest BCUT2D eigenvalue weighted by Crippen LogP contribution is 2.34. The van der Waals surface area contributed by atoms with E-state index in [0.29, 0.717) is 36.1 Å². The number of halogens is 3. The highest BCUT2D eigenvalue weighted by atomic mass is 19.4. The zero-order valence-corrected chi connectivity index (χ0v) is 23.3. The first kappa shape index (κ1) is 30.8. The molecule has 0 radical (unpaired) electrons. The van der Waals surface area contributed by atoms with E-state index in [1.54, 1.807) is 6.20 Å². The fraction of sp³-hybridized carbons (Fsp3) is 0.194. The summed E-state index contributed by atoms with van der Waals surface area (Å²) in [7, 11) is 0. The predicted molar refractivity (Wildman–Crippen MR) is 154 cm³/mol. The number of fused-ring (bicyclic) bond motifs is 1. The van der Waals surface area contributed by atoms with Gasteiger partial charge >= 0.3 is 12.1 Å². The maximum absolute atomic E-state index is 13.2. The minimum Gasteiger partial charge on any atom is -0.475 e. The Morgan fingerprint density at radius 1 is 1.00 bits per heavy atom. The number of nitrogens with two attached hydrogens (primary N) is 1. The Labute approximate surface area is 244 Å². The van der Waals surface area contributed by atoms with E-state index in [2.05, 4.69) is 15.5 Å². The summed E-state index contributed by atoms with van der Waals surface area (Å²) >= 11 is 0. The number of carbonyl (C=O) groups is 2. The van der Waals surface area contributed by atoms with Crippen LogP contribution >= 0.6 is 0 Å². The van der Waals surface area contributed by atoms with E-state index < -0.39 is 12.1 Å². The molecule has 0 saturated carbocycles. The van der Waals surface area contributed by atoms with Crippen LogP contribution in [0.3, 0.4) is 0 Å². The molecule has 5 aromatic rings. The Bertz CT molecular complexity index is 1720. The predicted octanol–water partition coefficient (Wildman–Crippen LogP) is 5.63. The van der Waals surface area contributed by atoms with Crippen molar-refractivity contribution in [2.75, 3.05) is 6.54 Å². The Hall–Kier alpha value is -5.10. The number of amides is 1. The number of rotatable bonds is 7. The molecular weight excluding hydrogens is 563 g/mol. The number of hydrogen-bond donors (Lipinski definition) is 3. The van der Waals surface area contributed by atoms with Crippen LogP contribution in [0.1, 0.15) is 33.1 Å². The number of carboxylic acids is 1. The summed E-state index contributed by atoms with van der Waals surface area (Å²) in [5.41, 5.74) is 13.5. The lowest BCUT2D eigenvalue weighted by Crippen LogP contribution is -2.27. The van der Waals surface area contributed by atoms with Crippen molar-refractivity contribution in [3.63, 3.8) is 0 Å². The van der Waals surface area contributed by atoms with Crippen molar-refractivity contribution >= 4 is 22.8 Å². The van der Waals surface area contributed by atoms with Crippen LogP contribution in [-0.4, -0.2) is 44.8 Å². The molecule has 0 aliphatic heterocycles. The van der Waals surface area contributed by atoms with Crippen LogP contribution in [-0.2, 0) is 17.8 Å². The Balaban J connectivity index is 0.000000541. The van der Waals surface area contributed by atoms with Gasteiger partial charge in [0.05, 0.1) is 16.9 Å². The van der Waals surface area contributed by atoms with E-state index in [1.807, 2.05) is 80.6 Å². The van der Waals surface area contributed by atoms with Crippen molar-refractivity contribution in [2.24, 2.45) is 5.73 Å². The van der Waals surface area contributed by atoms with Crippen LogP contribution in [0.2, 0.25) is 0 Å². The van der Waals surface area contributed by atoms with Crippen LogP contribution in [0, 0.1) is 13.8 Å². The highest BCUT2D eigenvalue weighted by molar-refractivity contribution is 6.06. The Kier molecular flexibility index (Phi) is 9.51. The molecule has 0 saturated heterocycles. The lowest BCUT2D eigenvalue weighted by Gasteiger charge is -2.14. The van der Waals surface area contributed by atoms with Crippen LogP contribution in [0.5, 0.6) is 0 Å². The molecule has 3 aromatic heterocycles. The molecule has 0 bridgehead atoms. The highest BCUT2D eigenvalue weighted by Gasteiger charge is 2.38. The van der Waals surface area contributed by atoms with Crippen molar-refractivity contribution in [3.8, 4) is 22.4 Å². The van der Waals surface area contributed by atoms with Crippen molar-refractivity contribution in [2.45, 2.75) is 33.0 Å². The van der Waals surface area contributed by atoms with Crippen molar-refractivity contribution < 1.29 is 32.4 Å². The molecule has 5 rings (SSSR count). The fourth-order valence-electron chi connectivity index (χ4n) is 4.38. The standard InChI is InChI=1S/C29H27N5O2.C2HF3O2/c1-18-23(19(2)36-34-18)12-14-32-29(35)28-25-16-24(21-6-4-3-5-7-21)27(33-26(25)13-15-31-28)22-10-8-20(17-30)9-11-22;3-2(4,5)1(6)7/h3-11,13,15-16H,12,14,17,30H2,1-2H3,(H,32,35);(H,6,7). The maximum Gasteiger partial charge on any atom is 0.490 e. The maximum atomic E-state index is 13.2. The molecule has 0 unspecified atom stereocenters. The molecular formula is C31H28F3N5O4. The summed E-state index contributed by atoms with van der Waals surface area (Å²) in [6, 6.07) is 22.0. The van der Waals surface area contributed by atoms with Crippen molar-refractivity contribution in [1.82, 2.24) is 20.4 Å². The zero-order valence-electron chi connectivity index (χ0n) is 23.3. The Morgan fingerprint density at radius 3 is 2.26 bits per heavy atom. The third kappa shape index (κ3) is 7.41. The smallest absolute Gasteiger partial charge is 0.475 e. The average Bonchev–Trinajstić information content (AvgIpc) is 3.32. The number of benzene rings is 2. The van der Waals surface area contributed by atoms with Gasteiger partial charge in [0, 0.05) is 41.4 Å². The van der Waals surface area contributed by atoms with E-state index in [9.17, 15) is 18.0 Å². The van der Waals surface area contributed by atoms with E-state index in [4.69, 9.17) is 25.1 Å². The fourth-order valence-corrected chi connectivity index (χ4v) is 4.38. The number of pyridine rings is 2. The minimum atomic E-state index is -5.08. The first-order valence-corrected chi connectivity index (χ1v) is 13.1. The van der Waals surface area contributed by atoms with Gasteiger partial charge in [-0.3, -0.25) is 9.78 Å². The summed E-state index contributed by atoms with van der Waals surface area (Å²) in [4.78, 5) is 31.5. The number of carboxylic acid groups (broad SMARTS) is 1. The van der Waals surface area contributed by atoms with Crippen molar-refractivity contribution in [1.29, 1.82) is 0 Å². The molecule has 2 aromatic carbocycles. The second-order valence-corrected chi connectivity index (χ2v) is 9.49. The molecule has 0 atom stereocenters. The lowest BCUT2D eigenvalue weighted by molar-refractivity contribution is -0.192. The van der Waals surface area contributed by atoms with Gasteiger partial charge in [0.25, 0.3) is 5.91 Å². The summed E-state index contributed by atoms with van der Waals surface area (Å²) in [5, 5.41) is 14.8. The second-order valence-electron chi connectivity index (χ2n) is 9.49. The molecule has 4 N–H and O–H groups in total. The van der Waals surface area contributed by atoms with Gasteiger partial charge in [-0.25, -0.2) is 9.78 Å². The summed E-state index contributed by atoms with van der Waals surface area (Å²) in [5.74, 6) is -2.23. The molecule has 0 aliphatic carbocycles. The molecule has 0 spiro atoms. The minimum absolute atomic E-state index is 0.242. The van der Waals surface area contributed by atoms with E-state index in [-0.39, 0.29) is 5.91 Å². The summed E-state index contributed by atoms with van der Waals surface area (Å²) in [6.07, 6.45) is -2.82. The average molecular weight is 592 g/mol. The number of nitrogens with one attached hydrogen (secondary N) is 1. The molecule has 0 aliphatic rings. The number of hydrogen-bond acceptors (Lipinski definition) is 7. The van der Waals surface area contributed by atoms with Gasteiger partial charge < -0.3 is 20.7 Å². The number of aromatic nitrogens is 3. The van der Waals surface area contributed by atoms with Gasteiger partial charge in [0.2, 0.25) is 0 Å². The monoisotopic (exact) mass is 591 g/mol. The van der Waals surface area contributed by atoms with E-state index in [0.717, 1.165) is 45.0 Å². The quantitative estimate of drug-likeness (QED) is 0.221.